The Morgan fingerprint density at radius 3 is 2.74 bits per heavy atom. The molecule has 0 radical (unpaired) electrons. The van der Waals surface area contributed by atoms with Crippen molar-refractivity contribution in [2.75, 3.05) is 19.8 Å². The summed E-state index contributed by atoms with van der Waals surface area (Å²) in [6.07, 6.45) is 0.629. The number of fused-ring (bicyclic) bond motifs is 1. The van der Waals surface area contributed by atoms with Crippen LogP contribution < -0.4 is 14.2 Å². The zero-order chi connectivity index (χ0) is 16.1. The van der Waals surface area contributed by atoms with E-state index in [1.54, 1.807) is 0 Å². The van der Waals surface area contributed by atoms with Gasteiger partial charge in [0.05, 0.1) is 18.6 Å². The molecule has 0 amide bonds. The number of ether oxygens (including phenoxy) is 3. The van der Waals surface area contributed by atoms with Crippen LogP contribution in [-0.4, -0.2) is 19.8 Å². The minimum Gasteiger partial charge on any atom is -0.494 e. The second-order valence-electron chi connectivity index (χ2n) is 5.54. The van der Waals surface area contributed by atoms with E-state index in [-0.39, 0.29) is 5.92 Å². The number of rotatable bonds is 5. The van der Waals surface area contributed by atoms with E-state index in [4.69, 9.17) is 14.2 Å². The van der Waals surface area contributed by atoms with Crippen LogP contribution in [0.4, 0.5) is 0 Å². The number of hydrogen-bond acceptors (Lipinski definition) is 4. The third-order valence-corrected chi connectivity index (χ3v) is 3.79. The molecule has 1 aliphatic heterocycles. The van der Waals surface area contributed by atoms with Crippen molar-refractivity contribution in [2.45, 2.75) is 19.3 Å². The summed E-state index contributed by atoms with van der Waals surface area (Å²) in [5.74, 6) is 2.07. The van der Waals surface area contributed by atoms with Crippen molar-refractivity contribution < 1.29 is 14.2 Å². The maximum atomic E-state index is 9.45. The fourth-order valence-corrected chi connectivity index (χ4v) is 2.58. The summed E-state index contributed by atoms with van der Waals surface area (Å²) in [5.41, 5.74) is 2.09. The number of benzene rings is 2. The summed E-state index contributed by atoms with van der Waals surface area (Å²) in [5, 5.41) is 9.45. The standard InChI is InChI=1S/C19H19NO3/c1-14-3-2-4-17(11-14)21-8-7-16(13-20)15-5-6-18-19(12-15)23-10-9-22-18/h2-6,11-12,16H,7-10H2,1H3. The predicted molar refractivity (Wildman–Crippen MR) is 87.1 cm³/mol. The summed E-state index contributed by atoms with van der Waals surface area (Å²) >= 11 is 0. The highest BCUT2D eigenvalue weighted by atomic mass is 16.6. The molecule has 23 heavy (non-hydrogen) atoms. The van der Waals surface area contributed by atoms with Gasteiger partial charge in [-0.2, -0.15) is 5.26 Å². The van der Waals surface area contributed by atoms with Crippen molar-refractivity contribution >= 4 is 0 Å². The van der Waals surface area contributed by atoms with Crippen LogP contribution in [-0.2, 0) is 0 Å². The monoisotopic (exact) mass is 309 g/mol. The van der Waals surface area contributed by atoms with Gasteiger partial charge in [0.1, 0.15) is 19.0 Å². The van der Waals surface area contributed by atoms with E-state index >= 15 is 0 Å². The van der Waals surface area contributed by atoms with Crippen molar-refractivity contribution in [2.24, 2.45) is 0 Å². The summed E-state index contributed by atoms with van der Waals surface area (Å²) < 4.78 is 16.8. The van der Waals surface area contributed by atoms with Gasteiger partial charge in [-0.15, -0.1) is 0 Å². The summed E-state index contributed by atoms with van der Waals surface area (Å²) in [6, 6.07) is 16.0. The van der Waals surface area contributed by atoms with Gasteiger partial charge in [0.25, 0.3) is 0 Å². The highest BCUT2D eigenvalue weighted by molar-refractivity contribution is 5.45. The zero-order valence-corrected chi connectivity index (χ0v) is 13.1. The largest absolute Gasteiger partial charge is 0.494 e. The van der Waals surface area contributed by atoms with Gasteiger partial charge >= 0.3 is 0 Å². The molecule has 1 aliphatic rings. The van der Waals surface area contributed by atoms with Crippen LogP contribution in [0.2, 0.25) is 0 Å². The van der Waals surface area contributed by atoms with Gasteiger partial charge < -0.3 is 14.2 Å². The molecule has 2 aromatic rings. The Morgan fingerprint density at radius 1 is 1.13 bits per heavy atom. The highest BCUT2D eigenvalue weighted by Gasteiger charge is 2.17. The van der Waals surface area contributed by atoms with Crippen LogP contribution in [0.3, 0.4) is 0 Å². The molecular weight excluding hydrogens is 290 g/mol. The molecular formula is C19H19NO3. The third-order valence-electron chi connectivity index (χ3n) is 3.79. The summed E-state index contributed by atoms with van der Waals surface area (Å²) in [7, 11) is 0. The van der Waals surface area contributed by atoms with E-state index in [9.17, 15) is 5.26 Å². The fraction of sp³-hybridized carbons (Fsp3) is 0.316. The minimum absolute atomic E-state index is 0.226. The number of hydrogen-bond donors (Lipinski definition) is 0. The van der Waals surface area contributed by atoms with Gasteiger partial charge in [0.2, 0.25) is 0 Å². The normalized spacial score (nSPS) is 13.9. The van der Waals surface area contributed by atoms with Gasteiger partial charge in [-0.25, -0.2) is 0 Å². The topological polar surface area (TPSA) is 51.5 Å². The summed E-state index contributed by atoms with van der Waals surface area (Å²) in [4.78, 5) is 0. The maximum absolute atomic E-state index is 9.45. The molecule has 0 saturated heterocycles. The van der Waals surface area contributed by atoms with Crippen molar-refractivity contribution in [3.8, 4) is 23.3 Å². The number of aryl methyl sites for hydroxylation is 1. The molecule has 0 fully saturated rings. The predicted octanol–water partition coefficient (Wildman–Crippen LogP) is 3.84. The molecule has 0 saturated carbocycles. The van der Waals surface area contributed by atoms with Crippen molar-refractivity contribution in [1.29, 1.82) is 5.26 Å². The Bertz CT molecular complexity index is 721. The lowest BCUT2D eigenvalue weighted by atomic mass is 9.97. The molecule has 0 bridgehead atoms. The quantitative estimate of drug-likeness (QED) is 0.842. The molecule has 2 aromatic carbocycles. The SMILES string of the molecule is Cc1cccc(OCCC(C#N)c2ccc3c(c2)OCCO3)c1. The summed E-state index contributed by atoms with van der Waals surface area (Å²) in [6.45, 7) is 3.64. The Morgan fingerprint density at radius 2 is 1.96 bits per heavy atom. The van der Waals surface area contributed by atoms with E-state index in [0.29, 0.717) is 32.0 Å². The Hall–Kier alpha value is -2.67. The number of nitrogens with zero attached hydrogens (tertiary/aromatic N) is 1. The Kier molecular flexibility index (Phi) is 4.68. The Balaban J connectivity index is 1.63. The molecule has 1 unspecified atom stereocenters. The van der Waals surface area contributed by atoms with Crippen LogP contribution in [0.15, 0.2) is 42.5 Å². The van der Waals surface area contributed by atoms with Gasteiger partial charge in [-0.1, -0.05) is 18.2 Å². The molecule has 0 spiro atoms. The van der Waals surface area contributed by atoms with Crippen molar-refractivity contribution in [3.63, 3.8) is 0 Å². The van der Waals surface area contributed by atoms with Crippen LogP contribution in [0.5, 0.6) is 17.2 Å². The van der Waals surface area contributed by atoms with Gasteiger partial charge in [0.15, 0.2) is 11.5 Å². The van der Waals surface area contributed by atoms with Gasteiger partial charge in [-0.05, 0) is 42.3 Å². The molecule has 4 nitrogen and oxygen atoms in total. The second-order valence-corrected chi connectivity index (χ2v) is 5.54. The van der Waals surface area contributed by atoms with E-state index in [1.165, 1.54) is 0 Å². The third kappa shape index (κ3) is 3.75. The molecule has 1 heterocycles. The van der Waals surface area contributed by atoms with Crippen molar-refractivity contribution in [1.82, 2.24) is 0 Å². The molecule has 1 atom stereocenters. The van der Waals surface area contributed by atoms with E-state index < -0.39 is 0 Å². The maximum Gasteiger partial charge on any atom is 0.161 e. The van der Waals surface area contributed by atoms with E-state index in [2.05, 4.69) is 6.07 Å². The average Bonchev–Trinajstić information content (AvgIpc) is 2.58. The second kappa shape index (κ2) is 7.06. The van der Waals surface area contributed by atoms with Crippen LogP contribution in [0, 0.1) is 18.3 Å². The lowest BCUT2D eigenvalue weighted by Crippen LogP contribution is -2.15. The first-order valence-corrected chi connectivity index (χ1v) is 7.75. The first-order chi connectivity index (χ1) is 11.3. The van der Waals surface area contributed by atoms with E-state index in [0.717, 1.165) is 22.6 Å². The van der Waals surface area contributed by atoms with Crippen molar-refractivity contribution in [3.05, 3.63) is 53.6 Å². The molecule has 0 aliphatic carbocycles. The van der Waals surface area contributed by atoms with Crippen LogP contribution in [0.25, 0.3) is 0 Å². The molecule has 0 N–H and O–H groups in total. The lowest BCUT2D eigenvalue weighted by Gasteiger charge is -2.20. The van der Waals surface area contributed by atoms with Gasteiger partial charge in [0, 0.05) is 6.42 Å². The molecule has 4 heteroatoms. The zero-order valence-electron chi connectivity index (χ0n) is 13.1. The minimum atomic E-state index is -0.226. The lowest BCUT2D eigenvalue weighted by molar-refractivity contribution is 0.171. The fourth-order valence-electron chi connectivity index (χ4n) is 2.58. The van der Waals surface area contributed by atoms with E-state index in [1.807, 2.05) is 49.4 Å². The number of nitriles is 1. The van der Waals surface area contributed by atoms with Gasteiger partial charge in [-0.3, -0.25) is 0 Å². The van der Waals surface area contributed by atoms with Crippen LogP contribution in [0.1, 0.15) is 23.5 Å². The first-order valence-electron chi connectivity index (χ1n) is 7.75. The molecule has 0 aromatic heterocycles. The smallest absolute Gasteiger partial charge is 0.161 e. The van der Waals surface area contributed by atoms with Crippen LogP contribution >= 0.6 is 0 Å². The molecule has 3 rings (SSSR count). The highest BCUT2D eigenvalue weighted by Crippen LogP contribution is 2.33. The molecule has 118 valence electrons. The average molecular weight is 309 g/mol. The Labute approximate surface area is 136 Å². The first kappa shape index (κ1) is 15.2.